The quantitative estimate of drug-likeness (QED) is 0.399. The molecule has 1 aromatic heterocycles. The second kappa shape index (κ2) is 8.07. The summed E-state index contributed by atoms with van der Waals surface area (Å²) in [6.07, 6.45) is 8.89. The van der Waals surface area contributed by atoms with Gasteiger partial charge < -0.3 is 34.3 Å². The van der Waals surface area contributed by atoms with Crippen LogP contribution in [0.2, 0.25) is 0 Å². The predicted molar refractivity (Wildman–Crippen MR) is 144 cm³/mol. The van der Waals surface area contributed by atoms with Gasteiger partial charge in [0.05, 0.1) is 18.3 Å². The van der Waals surface area contributed by atoms with E-state index in [-0.39, 0.29) is 17.3 Å². The van der Waals surface area contributed by atoms with E-state index in [1.165, 1.54) is 0 Å². The molecule has 2 saturated carbocycles. The van der Waals surface area contributed by atoms with E-state index in [4.69, 9.17) is 14.2 Å². The standard InChI is InChI=1S/C31H42N2O6/c1-18-16-32-19(2)25(18)26(35)38-20(3)22-8-9-30-23-7-6-21-14-29(36)11-10-27(21,4)31(23,39-29)24(34)15-28(22,30)17-33(5)12-13-37-30/h7-8,16,20-21,24,32,34,36H,6,9-15,17H2,1-5H3/t20-,21+,24+,27-,28?,29-,30-,31-/m0/s1. The van der Waals surface area contributed by atoms with Crippen molar-refractivity contribution in [2.24, 2.45) is 16.7 Å². The van der Waals surface area contributed by atoms with Crippen molar-refractivity contribution in [3.8, 4) is 0 Å². The number of hydrogen-bond donors (Lipinski definition) is 3. The third-order valence-electron chi connectivity index (χ3n) is 11.7. The van der Waals surface area contributed by atoms with Gasteiger partial charge in [-0.15, -0.1) is 0 Å². The van der Waals surface area contributed by atoms with Gasteiger partial charge in [-0.05, 0) is 76.1 Å². The first kappa shape index (κ1) is 26.0. The highest BCUT2D eigenvalue weighted by atomic mass is 16.7. The second-order valence-corrected chi connectivity index (χ2v) is 13.6. The van der Waals surface area contributed by atoms with E-state index in [1.807, 2.05) is 27.0 Å². The van der Waals surface area contributed by atoms with Crippen LogP contribution in [0.25, 0.3) is 0 Å². The summed E-state index contributed by atoms with van der Waals surface area (Å²) in [5.74, 6) is -1.31. The Morgan fingerprint density at radius 3 is 2.79 bits per heavy atom. The highest BCUT2D eigenvalue weighted by Gasteiger charge is 2.79. The smallest absolute Gasteiger partial charge is 0.340 e. The summed E-state index contributed by atoms with van der Waals surface area (Å²) in [5.41, 5.74) is 1.65. The Bertz CT molecular complexity index is 1280. The van der Waals surface area contributed by atoms with Gasteiger partial charge in [0.1, 0.15) is 17.3 Å². The van der Waals surface area contributed by atoms with E-state index in [2.05, 4.69) is 36.0 Å². The van der Waals surface area contributed by atoms with Gasteiger partial charge in [-0.3, -0.25) is 0 Å². The number of carbonyl (C=O) groups excluding carboxylic acids is 1. The highest BCUT2D eigenvalue weighted by Crippen LogP contribution is 2.74. The molecule has 8 atom stereocenters. The number of carbonyl (C=O) groups is 1. The molecule has 1 unspecified atom stereocenters. The molecule has 0 amide bonds. The van der Waals surface area contributed by atoms with Crippen molar-refractivity contribution in [2.75, 3.05) is 26.7 Å². The number of nitrogens with one attached hydrogen (secondary N) is 1. The summed E-state index contributed by atoms with van der Waals surface area (Å²) in [6.45, 7) is 10.0. The minimum atomic E-state index is -1.22. The van der Waals surface area contributed by atoms with Crippen LogP contribution in [0.1, 0.15) is 74.0 Å². The molecular formula is C31H42N2O6. The van der Waals surface area contributed by atoms with Gasteiger partial charge in [-0.1, -0.05) is 19.1 Å². The fourth-order valence-electron chi connectivity index (χ4n) is 9.86. The molecule has 8 rings (SSSR count). The fourth-order valence-corrected chi connectivity index (χ4v) is 9.86. The molecule has 4 heterocycles. The molecule has 1 aromatic rings. The molecule has 39 heavy (non-hydrogen) atoms. The van der Waals surface area contributed by atoms with E-state index in [0.29, 0.717) is 44.4 Å². The zero-order chi connectivity index (χ0) is 27.6. The molecule has 8 nitrogen and oxygen atoms in total. The number of rotatable bonds is 3. The van der Waals surface area contributed by atoms with Crippen LogP contribution in [-0.2, 0) is 14.2 Å². The second-order valence-electron chi connectivity index (χ2n) is 13.6. The van der Waals surface area contributed by atoms with Gasteiger partial charge in [0, 0.05) is 48.7 Å². The van der Waals surface area contributed by atoms with Gasteiger partial charge in [0.25, 0.3) is 0 Å². The van der Waals surface area contributed by atoms with E-state index in [0.717, 1.165) is 41.8 Å². The van der Waals surface area contributed by atoms with E-state index < -0.39 is 34.6 Å². The molecular weight excluding hydrogens is 496 g/mol. The molecule has 3 saturated heterocycles. The number of aliphatic hydroxyl groups excluding tert-OH is 1. The molecule has 4 bridgehead atoms. The number of likely N-dealkylation sites (N-methyl/N-ethyl adjacent to an activating group) is 1. The van der Waals surface area contributed by atoms with Crippen molar-refractivity contribution in [2.45, 2.75) is 95.4 Å². The Labute approximate surface area is 230 Å². The predicted octanol–water partition coefficient (Wildman–Crippen LogP) is 3.55. The summed E-state index contributed by atoms with van der Waals surface area (Å²) in [5, 5.41) is 23.8. The lowest BCUT2D eigenvalue weighted by atomic mass is 9.41. The van der Waals surface area contributed by atoms with Crippen molar-refractivity contribution in [1.29, 1.82) is 0 Å². The van der Waals surface area contributed by atoms with Crippen LogP contribution in [0.3, 0.4) is 0 Å². The average molecular weight is 539 g/mol. The largest absolute Gasteiger partial charge is 0.454 e. The Hall–Kier alpha value is -1.97. The number of aromatic nitrogens is 1. The molecule has 3 N–H and O–H groups in total. The Morgan fingerprint density at radius 2 is 2.05 bits per heavy atom. The maximum Gasteiger partial charge on any atom is 0.340 e. The Kier molecular flexibility index (Phi) is 5.37. The number of aromatic amines is 1. The molecule has 8 heteroatoms. The summed E-state index contributed by atoms with van der Waals surface area (Å²) in [6, 6.07) is 0. The summed E-state index contributed by atoms with van der Waals surface area (Å²) >= 11 is 0. The first-order valence-electron chi connectivity index (χ1n) is 14.6. The summed E-state index contributed by atoms with van der Waals surface area (Å²) < 4.78 is 19.9. The summed E-state index contributed by atoms with van der Waals surface area (Å²) in [4.78, 5) is 18.7. The molecule has 5 fully saturated rings. The van der Waals surface area contributed by atoms with Crippen LogP contribution in [0.4, 0.5) is 0 Å². The Balaban J connectivity index is 1.33. The number of hydrogen-bond acceptors (Lipinski definition) is 7. The van der Waals surface area contributed by atoms with Crippen LogP contribution in [-0.4, -0.2) is 82.0 Å². The van der Waals surface area contributed by atoms with Crippen LogP contribution in [0.15, 0.2) is 29.5 Å². The van der Waals surface area contributed by atoms with Gasteiger partial charge >= 0.3 is 5.97 Å². The minimum Gasteiger partial charge on any atom is -0.454 e. The topological polar surface area (TPSA) is 104 Å². The lowest BCUT2D eigenvalue weighted by Crippen LogP contribution is -2.79. The van der Waals surface area contributed by atoms with Crippen LogP contribution in [0.5, 0.6) is 0 Å². The number of allylic oxidation sites excluding steroid dienone is 1. The van der Waals surface area contributed by atoms with Crippen LogP contribution >= 0.6 is 0 Å². The maximum atomic E-state index is 13.3. The monoisotopic (exact) mass is 538 g/mol. The lowest BCUT2D eigenvalue weighted by Gasteiger charge is -2.73. The van der Waals surface area contributed by atoms with Crippen molar-refractivity contribution in [3.63, 3.8) is 0 Å². The van der Waals surface area contributed by atoms with E-state index in [9.17, 15) is 15.0 Å². The van der Waals surface area contributed by atoms with Gasteiger partial charge in [0.15, 0.2) is 5.79 Å². The number of nitrogens with zero attached hydrogens (tertiary/aromatic N) is 1. The van der Waals surface area contributed by atoms with Crippen molar-refractivity contribution >= 4 is 5.97 Å². The maximum absolute atomic E-state index is 13.3. The zero-order valence-corrected chi connectivity index (χ0v) is 23.8. The Morgan fingerprint density at radius 1 is 1.26 bits per heavy atom. The number of esters is 1. The van der Waals surface area contributed by atoms with Gasteiger partial charge in [-0.25, -0.2) is 4.79 Å². The van der Waals surface area contributed by atoms with E-state index >= 15 is 0 Å². The third-order valence-corrected chi connectivity index (χ3v) is 11.7. The first-order valence-corrected chi connectivity index (χ1v) is 14.6. The average Bonchev–Trinajstić information content (AvgIpc) is 3.31. The number of aryl methyl sites for hydroxylation is 2. The first-order chi connectivity index (χ1) is 18.4. The summed E-state index contributed by atoms with van der Waals surface area (Å²) in [7, 11) is 2.10. The number of fused-ring (bicyclic) bond motifs is 1. The van der Waals surface area contributed by atoms with Gasteiger partial charge in [0.2, 0.25) is 0 Å². The molecule has 0 aromatic carbocycles. The molecule has 4 aliphatic carbocycles. The van der Waals surface area contributed by atoms with Crippen LogP contribution in [0, 0.1) is 30.6 Å². The van der Waals surface area contributed by atoms with Crippen molar-refractivity contribution in [3.05, 3.63) is 46.3 Å². The number of aliphatic hydroxyl groups is 2. The zero-order valence-electron chi connectivity index (χ0n) is 23.8. The molecule has 0 radical (unpaired) electrons. The molecule has 7 aliphatic rings. The van der Waals surface area contributed by atoms with Gasteiger partial charge in [-0.2, -0.15) is 0 Å². The third kappa shape index (κ3) is 3.05. The fraction of sp³-hybridized carbons (Fsp3) is 0.710. The number of ether oxygens (including phenoxy) is 3. The van der Waals surface area contributed by atoms with Crippen molar-refractivity contribution < 1.29 is 29.2 Å². The molecule has 1 spiro atoms. The highest BCUT2D eigenvalue weighted by molar-refractivity contribution is 5.92. The van der Waals surface area contributed by atoms with E-state index in [1.54, 1.807) is 0 Å². The minimum absolute atomic E-state index is 0.252. The molecule has 3 aliphatic heterocycles. The van der Waals surface area contributed by atoms with Crippen LogP contribution < -0.4 is 0 Å². The SMILES string of the molecule is Cc1c[nH]c(C)c1C(=O)O[C@@H](C)C1=CC[C@@]23OCCN(C)CC12C[C@@H](O)[C@]12O[C@@]4(O)CC[C@@]1(C)[C@H](CC=C32)C4. The molecule has 212 valence electrons. The number of H-pyrrole nitrogens is 1. The normalized spacial score (nSPS) is 45.4. The van der Waals surface area contributed by atoms with Crippen molar-refractivity contribution in [1.82, 2.24) is 9.88 Å². The lowest BCUT2D eigenvalue weighted by molar-refractivity contribution is -0.401.